The van der Waals surface area contributed by atoms with Gasteiger partial charge in [0.1, 0.15) is 18.6 Å². The van der Waals surface area contributed by atoms with Crippen molar-refractivity contribution >= 4 is 35.9 Å². The second-order valence-corrected chi connectivity index (χ2v) is 22.3. The van der Waals surface area contributed by atoms with E-state index in [4.69, 9.17) is 9.84 Å². The molecule has 0 unspecified atom stereocenters. The SMILES string of the molecule is C.CC(C)(C)NC(=O)N[C@H](C(=O)O)C(C)(C)C.COC(=O)CN(CC1(c2ccccc2)CCCC1)C(=O)[C@@H](NC(=O)NC(C)(C)C)C(C)(C)C.COC(=O)CNCC1(c2ccccc2)CCCC1. The summed E-state index contributed by atoms with van der Waals surface area (Å²) in [7, 11) is 2.75. The first-order valence-electron chi connectivity index (χ1n) is 23.6. The molecule has 5 amide bonds. The lowest BCUT2D eigenvalue weighted by molar-refractivity contribution is -0.149. The normalized spacial score (nSPS) is 16.0. The predicted octanol–water partition coefficient (Wildman–Crippen LogP) is 8.49. The van der Waals surface area contributed by atoms with Crippen LogP contribution in [0.15, 0.2) is 60.7 Å². The fourth-order valence-corrected chi connectivity index (χ4v) is 8.56. The summed E-state index contributed by atoms with van der Waals surface area (Å²) in [6.45, 7) is 23.6. The molecule has 15 nitrogen and oxygen atoms in total. The maximum atomic E-state index is 13.9. The molecule has 6 N–H and O–H groups in total. The molecule has 68 heavy (non-hydrogen) atoms. The number of carboxylic acids is 1. The van der Waals surface area contributed by atoms with Gasteiger partial charge in [-0.2, -0.15) is 0 Å². The summed E-state index contributed by atoms with van der Waals surface area (Å²) >= 11 is 0. The number of carbonyl (C=O) groups is 6. The molecule has 2 aromatic carbocycles. The van der Waals surface area contributed by atoms with Gasteiger partial charge in [-0.15, -0.1) is 0 Å². The number of benzene rings is 2. The standard InChI is InChI=1S/C26H41N3O4.C15H21NO2.C11H22N2O3.CH4/c1-24(2,3)21(27-23(32)28-25(4,5)6)22(31)29(17-20(30)33-7)18-26(15-11-12-16-26)19-13-9-8-10-14-19;1-18-14(17)11-16-12-15(9-5-6-10-15)13-7-3-2-4-8-13;1-10(2,3)7(8(14)15)12-9(16)13-11(4,5)6;/h8-10,13-14,21H,11-12,15-18H2,1-7H3,(H2,27,28,32);2-4,7-8,16H,5-6,9-12H2,1H3;7H,1-6H3,(H,14,15)(H2,12,13,16);1H4/t21-;;7-;/m1.1./s1. The van der Waals surface area contributed by atoms with Gasteiger partial charge in [0.05, 0.1) is 20.8 Å². The number of aliphatic carboxylic acids is 1. The van der Waals surface area contributed by atoms with E-state index < -0.39 is 52.5 Å². The van der Waals surface area contributed by atoms with Gasteiger partial charge in [-0.1, -0.05) is 135 Å². The summed E-state index contributed by atoms with van der Waals surface area (Å²) in [4.78, 5) is 74.1. The van der Waals surface area contributed by atoms with Crippen molar-refractivity contribution in [3.63, 3.8) is 0 Å². The fraction of sp³-hybridized carbons (Fsp3) is 0.660. The second-order valence-electron chi connectivity index (χ2n) is 22.3. The number of esters is 2. The Balaban J connectivity index is 0.000000558. The summed E-state index contributed by atoms with van der Waals surface area (Å²) in [6, 6.07) is 18.3. The zero-order chi connectivity index (χ0) is 50.9. The van der Waals surface area contributed by atoms with Gasteiger partial charge in [-0.05, 0) is 89.2 Å². The third kappa shape index (κ3) is 20.6. The molecule has 2 fully saturated rings. The smallest absolute Gasteiger partial charge is 0.326 e. The molecular weight excluding hydrogens is 865 g/mol. The van der Waals surface area contributed by atoms with Crippen LogP contribution in [0.2, 0.25) is 0 Å². The molecule has 0 bridgehead atoms. The number of nitrogens with zero attached hydrogens (tertiary/aromatic N) is 1. The van der Waals surface area contributed by atoms with Crippen molar-refractivity contribution in [3.8, 4) is 0 Å². The number of methoxy groups -OCH3 is 2. The van der Waals surface area contributed by atoms with Crippen LogP contribution < -0.4 is 26.6 Å². The molecule has 15 heteroatoms. The molecule has 2 saturated carbocycles. The van der Waals surface area contributed by atoms with Gasteiger partial charge >= 0.3 is 30.0 Å². The van der Waals surface area contributed by atoms with Crippen LogP contribution in [0.1, 0.15) is 153 Å². The van der Waals surface area contributed by atoms with Gasteiger partial charge in [0.2, 0.25) is 5.91 Å². The van der Waals surface area contributed by atoms with Crippen LogP contribution >= 0.6 is 0 Å². The molecule has 0 aliphatic heterocycles. The number of nitrogens with one attached hydrogen (secondary N) is 5. The van der Waals surface area contributed by atoms with Gasteiger partial charge in [0.25, 0.3) is 0 Å². The van der Waals surface area contributed by atoms with E-state index in [9.17, 15) is 28.8 Å². The van der Waals surface area contributed by atoms with E-state index in [0.717, 1.165) is 32.2 Å². The average Bonchev–Trinajstić information content (AvgIpc) is 3.92. The number of urea groups is 2. The maximum absolute atomic E-state index is 13.9. The van der Waals surface area contributed by atoms with Crippen molar-refractivity contribution in [3.05, 3.63) is 71.8 Å². The lowest BCUT2D eigenvalue weighted by Gasteiger charge is -2.40. The van der Waals surface area contributed by atoms with Crippen LogP contribution in [-0.4, -0.2) is 109 Å². The number of amides is 5. The van der Waals surface area contributed by atoms with Gasteiger partial charge in [-0.3, -0.25) is 14.4 Å². The molecule has 4 rings (SSSR count). The Morgan fingerprint density at radius 3 is 1.35 bits per heavy atom. The van der Waals surface area contributed by atoms with Crippen LogP contribution in [0.4, 0.5) is 9.59 Å². The molecule has 2 aliphatic rings. The van der Waals surface area contributed by atoms with Crippen LogP contribution in [0.3, 0.4) is 0 Å². The number of hydrogen-bond donors (Lipinski definition) is 6. The largest absolute Gasteiger partial charge is 0.480 e. The molecule has 0 saturated heterocycles. The van der Waals surface area contributed by atoms with Crippen molar-refractivity contribution < 1.29 is 43.3 Å². The average molecular weight is 953 g/mol. The lowest BCUT2D eigenvalue weighted by atomic mass is 9.77. The van der Waals surface area contributed by atoms with E-state index in [-0.39, 0.29) is 42.2 Å². The highest BCUT2D eigenvalue weighted by Gasteiger charge is 2.43. The minimum Gasteiger partial charge on any atom is -0.480 e. The van der Waals surface area contributed by atoms with Crippen LogP contribution in [-0.2, 0) is 39.5 Å². The van der Waals surface area contributed by atoms with Crippen molar-refractivity contribution in [2.75, 3.05) is 40.4 Å². The molecule has 2 aliphatic carbocycles. The van der Waals surface area contributed by atoms with E-state index in [2.05, 4.69) is 67.7 Å². The van der Waals surface area contributed by atoms with Crippen molar-refractivity contribution in [1.29, 1.82) is 0 Å². The third-order valence-electron chi connectivity index (χ3n) is 12.0. The Kier molecular flexibility index (Phi) is 23.7. The molecule has 0 aromatic heterocycles. The topological polar surface area (TPSA) is 204 Å². The van der Waals surface area contributed by atoms with Gasteiger partial charge in [0.15, 0.2) is 0 Å². The molecule has 0 spiro atoms. The van der Waals surface area contributed by atoms with Crippen LogP contribution in [0, 0.1) is 10.8 Å². The van der Waals surface area contributed by atoms with Crippen LogP contribution in [0.5, 0.6) is 0 Å². The van der Waals surface area contributed by atoms with Crippen molar-refractivity contribution in [1.82, 2.24) is 31.5 Å². The molecule has 384 valence electrons. The van der Waals surface area contributed by atoms with Crippen molar-refractivity contribution in [2.45, 2.75) is 176 Å². The summed E-state index contributed by atoms with van der Waals surface area (Å²) in [6.07, 6.45) is 8.98. The number of rotatable bonds is 14. The number of carboxylic acid groups (broad SMARTS) is 1. The fourth-order valence-electron chi connectivity index (χ4n) is 8.56. The van der Waals surface area contributed by atoms with E-state index in [1.807, 2.05) is 86.6 Å². The van der Waals surface area contributed by atoms with Gasteiger partial charge in [0, 0.05) is 35.0 Å². The molecule has 0 radical (unpaired) electrons. The Morgan fingerprint density at radius 1 is 0.603 bits per heavy atom. The Hall–Kier alpha value is -5.18. The Labute approximate surface area is 408 Å². The summed E-state index contributed by atoms with van der Waals surface area (Å²) in [5.74, 6) is -1.98. The van der Waals surface area contributed by atoms with E-state index in [0.29, 0.717) is 13.1 Å². The van der Waals surface area contributed by atoms with Gasteiger partial charge in [-0.25, -0.2) is 14.4 Å². The lowest BCUT2D eigenvalue weighted by Crippen LogP contribution is -2.60. The number of hydrogen-bond acceptors (Lipinski definition) is 9. The first-order chi connectivity index (χ1) is 31.0. The highest BCUT2D eigenvalue weighted by atomic mass is 16.5. The quantitative estimate of drug-likeness (QED) is 0.0997. The monoisotopic (exact) mass is 953 g/mol. The molecule has 2 aromatic rings. The zero-order valence-electron chi connectivity index (χ0n) is 43.1. The zero-order valence-corrected chi connectivity index (χ0v) is 43.1. The Bertz CT molecular complexity index is 1880. The van der Waals surface area contributed by atoms with E-state index >= 15 is 0 Å². The van der Waals surface area contributed by atoms with Crippen LogP contribution in [0.25, 0.3) is 0 Å². The summed E-state index contributed by atoms with van der Waals surface area (Å²) < 4.78 is 9.57. The first-order valence-corrected chi connectivity index (χ1v) is 23.6. The second kappa shape index (κ2) is 26.5. The minimum absolute atomic E-state index is 0. The third-order valence-corrected chi connectivity index (χ3v) is 12.0. The molecule has 0 heterocycles. The maximum Gasteiger partial charge on any atom is 0.326 e. The van der Waals surface area contributed by atoms with Gasteiger partial charge < -0.3 is 46.1 Å². The molecule has 2 atom stereocenters. The highest BCUT2D eigenvalue weighted by Crippen LogP contribution is 2.42. The summed E-state index contributed by atoms with van der Waals surface area (Å²) in [5, 5.41) is 23.1. The van der Waals surface area contributed by atoms with E-state index in [1.54, 1.807) is 25.7 Å². The van der Waals surface area contributed by atoms with Crippen molar-refractivity contribution in [2.24, 2.45) is 10.8 Å². The number of carbonyl (C=O) groups excluding carboxylic acids is 5. The minimum atomic E-state index is -1.03. The Morgan fingerprint density at radius 2 is 0.985 bits per heavy atom. The highest BCUT2D eigenvalue weighted by molar-refractivity contribution is 5.90. The number of ether oxygens (including phenoxy) is 2. The summed E-state index contributed by atoms with van der Waals surface area (Å²) in [5.41, 5.74) is 0.636. The molecular formula is C53H88N6O9. The predicted molar refractivity (Wildman–Crippen MR) is 270 cm³/mol. The first kappa shape index (κ1) is 60.8. The van der Waals surface area contributed by atoms with E-state index in [1.165, 1.54) is 51.0 Å².